The molecular weight excluding hydrogens is 200 g/mol. The van der Waals surface area contributed by atoms with E-state index in [-0.39, 0.29) is 0 Å². The number of allylic oxidation sites excluding steroid dienone is 2. The minimum Gasteiger partial charge on any atom is -0.374 e. The van der Waals surface area contributed by atoms with Gasteiger partial charge in [-0.1, -0.05) is 22.0 Å². The highest BCUT2D eigenvalue weighted by molar-refractivity contribution is 9.11. The first-order valence-corrected chi connectivity index (χ1v) is 4.35. The Morgan fingerprint density at radius 3 is 3.11 bits per heavy atom. The van der Waals surface area contributed by atoms with Crippen LogP contribution in [0.15, 0.2) is 22.7 Å². The normalized spacial score (nSPS) is 46.0. The first-order valence-electron chi connectivity index (χ1n) is 2.67. The van der Waals surface area contributed by atoms with Crippen LogP contribution in [0.2, 0.25) is 0 Å². The van der Waals surface area contributed by atoms with Gasteiger partial charge in [0.25, 0.3) is 0 Å². The molecule has 1 fully saturated rings. The Balaban J connectivity index is 2.31. The van der Waals surface area contributed by atoms with E-state index >= 15 is 0 Å². The molecule has 1 aliphatic carbocycles. The zero-order valence-electron chi connectivity index (χ0n) is 4.54. The van der Waals surface area contributed by atoms with E-state index in [0.717, 1.165) is 4.48 Å². The molecule has 0 radical (unpaired) electrons. The third kappa shape index (κ3) is 0.876. The molecule has 1 N–H and O–H groups in total. The summed E-state index contributed by atoms with van der Waals surface area (Å²) in [5, 5.41) is 9.68. The molecule has 2 rings (SSSR count). The molecule has 0 aromatic heterocycles. The van der Waals surface area contributed by atoms with Crippen molar-refractivity contribution in [1.29, 1.82) is 0 Å². The zero-order chi connectivity index (χ0) is 6.48. The maximum absolute atomic E-state index is 9.38. The van der Waals surface area contributed by atoms with E-state index in [9.17, 15) is 5.11 Å². The second-order valence-corrected chi connectivity index (χ2v) is 4.49. The van der Waals surface area contributed by atoms with Gasteiger partial charge in [0.1, 0.15) is 4.93 Å². The summed E-state index contributed by atoms with van der Waals surface area (Å²) in [5.74, 6) is 0. The van der Waals surface area contributed by atoms with E-state index in [4.69, 9.17) is 0 Å². The molecule has 1 nitrogen and oxygen atoms in total. The molecule has 3 heteroatoms. The van der Waals surface area contributed by atoms with E-state index < -0.39 is 4.93 Å². The van der Waals surface area contributed by atoms with Crippen molar-refractivity contribution in [3.05, 3.63) is 22.7 Å². The highest BCUT2D eigenvalue weighted by Gasteiger charge is 2.52. The first-order chi connectivity index (χ1) is 4.21. The molecule has 0 aromatic rings. The summed E-state index contributed by atoms with van der Waals surface area (Å²) in [6.45, 7) is 0. The van der Waals surface area contributed by atoms with Gasteiger partial charge in [-0.15, -0.1) is 11.8 Å². The first kappa shape index (κ1) is 6.01. The summed E-state index contributed by atoms with van der Waals surface area (Å²) in [6.07, 6.45) is 5.73. The van der Waals surface area contributed by atoms with Crippen molar-refractivity contribution in [2.24, 2.45) is 0 Å². The van der Waals surface area contributed by atoms with Crippen LogP contribution in [0.25, 0.3) is 0 Å². The molecule has 1 aliphatic heterocycles. The fraction of sp³-hybridized carbons (Fsp3) is 0.333. The smallest absolute Gasteiger partial charge is 0.145 e. The Hall–Kier alpha value is 0.270. The van der Waals surface area contributed by atoms with Crippen molar-refractivity contribution in [3.8, 4) is 0 Å². The van der Waals surface area contributed by atoms with Gasteiger partial charge in [-0.3, -0.25) is 0 Å². The van der Waals surface area contributed by atoms with Gasteiger partial charge in [0.05, 0.1) is 5.25 Å². The molecule has 0 spiro atoms. The number of fused-ring (bicyclic) bond motifs is 1. The second kappa shape index (κ2) is 1.65. The van der Waals surface area contributed by atoms with Crippen LogP contribution in [-0.4, -0.2) is 15.3 Å². The Morgan fingerprint density at radius 2 is 2.56 bits per heavy atom. The standard InChI is InChI=1S/C6H5BrOS/c7-4-1-2-6(8)5(3-4)9-6/h1-3,5,8H. The maximum Gasteiger partial charge on any atom is 0.145 e. The molecule has 0 amide bonds. The summed E-state index contributed by atoms with van der Waals surface area (Å²) >= 11 is 4.90. The monoisotopic (exact) mass is 204 g/mol. The fourth-order valence-electron chi connectivity index (χ4n) is 0.856. The summed E-state index contributed by atoms with van der Waals surface area (Å²) < 4.78 is 1.07. The van der Waals surface area contributed by atoms with Crippen molar-refractivity contribution < 1.29 is 5.11 Å². The van der Waals surface area contributed by atoms with Gasteiger partial charge in [0, 0.05) is 4.48 Å². The average molecular weight is 205 g/mol. The van der Waals surface area contributed by atoms with Crippen LogP contribution in [-0.2, 0) is 0 Å². The fourth-order valence-corrected chi connectivity index (χ4v) is 2.27. The Labute approximate surface area is 66.0 Å². The number of rotatable bonds is 0. The lowest BCUT2D eigenvalue weighted by Crippen LogP contribution is -2.09. The molecule has 48 valence electrons. The summed E-state index contributed by atoms with van der Waals surface area (Å²) in [7, 11) is 0. The Bertz CT molecular complexity index is 211. The zero-order valence-corrected chi connectivity index (χ0v) is 6.95. The highest BCUT2D eigenvalue weighted by atomic mass is 79.9. The molecule has 1 saturated heterocycles. The van der Waals surface area contributed by atoms with Crippen molar-refractivity contribution in [1.82, 2.24) is 0 Å². The van der Waals surface area contributed by atoms with Crippen LogP contribution >= 0.6 is 27.7 Å². The van der Waals surface area contributed by atoms with Crippen molar-refractivity contribution in [2.45, 2.75) is 10.2 Å². The molecule has 2 unspecified atom stereocenters. The van der Waals surface area contributed by atoms with Gasteiger partial charge in [-0.2, -0.15) is 0 Å². The number of halogens is 1. The predicted molar refractivity (Wildman–Crippen MR) is 42.5 cm³/mol. The van der Waals surface area contributed by atoms with Gasteiger partial charge in [-0.05, 0) is 12.2 Å². The molecule has 2 atom stereocenters. The van der Waals surface area contributed by atoms with E-state index in [2.05, 4.69) is 15.9 Å². The summed E-state index contributed by atoms with van der Waals surface area (Å²) in [6, 6.07) is 0. The van der Waals surface area contributed by atoms with Crippen molar-refractivity contribution in [2.75, 3.05) is 0 Å². The number of hydrogen-bond donors (Lipinski definition) is 1. The van der Waals surface area contributed by atoms with Gasteiger partial charge in [-0.25, -0.2) is 0 Å². The third-order valence-corrected chi connectivity index (χ3v) is 3.25. The van der Waals surface area contributed by atoms with E-state index in [1.807, 2.05) is 18.2 Å². The topological polar surface area (TPSA) is 20.2 Å². The molecular formula is C6H5BrOS. The van der Waals surface area contributed by atoms with Crippen molar-refractivity contribution in [3.63, 3.8) is 0 Å². The molecule has 2 aliphatic rings. The SMILES string of the molecule is OC12C=CC(Br)=CC1S2. The van der Waals surface area contributed by atoms with Gasteiger partial charge in [0.2, 0.25) is 0 Å². The van der Waals surface area contributed by atoms with Gasteiger partial charge in [0.15, 0.2) is 0 Å². The maximum atomic E-state index is 9.38. The second-order valence-electron chi connectivity index (χ2n) is 2.18. The van der Waals surface area contributed by atoms with E-state index in [0.29, 0.717) is 5.25 Å². The largest absolute Gasteiger partial charge is 0.374 e. The molecule has 0 bridgehead atoms. The lowest BCUT2D eigenvalue weighted by Gasteiger charge is -2.02. The van der Waals surface area contributed by atoms with Crippen LogP contribution in [0.4, 0.5) is 0 Å². The lowest BCUT2D eigenvalue weighted by atomic mass is 10.1. The van der Waals surface area contributed by atoms with Crippen LogP contribution < -0.4 is 0 Å². The summed E-state index contributed by atoms with van der Waals surface area (Å²) in [5.41, 5.74) is 0. The third-order valence-electron chi connectivity index (χ3n) is 1.46. The minimum absolute atomic E-state index is 0.303. The molecule has 1 heterocycles. The molecule has 0 saturated carbocycles. The molecule has 0 aromatic carbocycles. The number of hydrogen-bond acceptors (Lipinski definition) is 2. The van der Waals surface area contributed by atoms with Crippen LogP contribution in [0.3, 0.4) is 0 Å². The number of thioether (sulfide) groups is 1. The van der Waals surface area contributed by atoms with E-state index in [1.54, 1.807) is 11.8 Å². The quantitative estimate of drug-likeness (QED) is 0.606. The lowest BCUT2D eigenvalue weighted by molar-refractivity contribution is 0.228. The van der Waals surface area contributed by atoms with Crippen LogP contribution in [0.5, 0.6) is 0 Å². The van der Waals surface area contributed by atoms with Gasteiger partial charge >= 0.3 is 0 Å². The number of aliphatic hydroxyl groups is 1. The Kier molecular flexibility index (Phi) is 1.10. The minimum atomic E-state index is -0.544. The van der Waals surface area contributed by atoms with Crippen LogP contribution in [0, 0.1) is 0 Å². The van der Waals surface area contributed by atoms with Crippen LogP contribution in [0.1, 0.15) is 0 Å². The van der Waals surface area contributed by atoms with E-state index in [1.165, 1.54) is 0 Å². The molecule has 9 heavy (non-hydrogen) atoms. The average Bonchev–Trinajstić information content (AvgIpc) is 2.41. The Morgan fingerprint density at radius 1 is 1.78 bits per heavy atom. The van der Waals surface area contributed by atoms with Gasteiger partial charge < -0.3 is 5.11 Å². The van der Waals surface area contributed by atoms with Crippen molar-refractivity contribution >= 4 is 27.7 Å². The summed E-state index contributed by atoms with van der Waals surface area (Å²) in [4.78, 5) is -0.544. The predicted octanol–water partition coefficient (Wildman–Crippen LogP) is 1.64. The highest BCUT2D eigenvalue weighted by Crippen LogP contribution is 2.55.